The topological polar surface area (TPSA) is 75.6 Å². The number of methoxy groups -OCH3 is 2. The molecule has 0 aromatic heterocycles. The second kappa shape index (κ2) is 9.67. The second-order valence-electron chi connectivity index (χ2n) is 10.7. The molecule has 7 heteroatoms. The van der Waals surface area contributed by atoms with Gasteiger partial charge in [0.05, 0.1) is 32.0 Å². The van der Waals surface area contributed by atoms with Gasteiger partial charge in [-0.2, -0.15) is 0 Å². The lowest BCUT2D eigenvalue weighted by atomic mass is 9.71. The van der Waals surface area contributed by atoms with Gasteiger partial charge in [0, 0.05) is 12.0 Å². The molecule has 7 nitrogen and oxygen atoms in total. The molecule has 196 valence electrons. The molecule has 7 heterocycles. The summed E-state index contributed by atoms with van der Waals surface area (Å²) in [5.74, 6) is 3.18. The lowest BCUT2D eigenvalue weighted by Gasteiger charge is -2.50. The van der Waals surface area contributed by atoms with Crippen molar-refractivity contribution in [2.75, 3.05) is 14.2 Å². The van der Waals surface area contributed by atoms with Crippen LogP contribution in [0.2, 0.25) is 0 Å². The van der Waals surface area contributed by atoms with Gasteiger partial charge in [-0.25, -0.2) is 0 Å². The van der Waals surface area contributed by atoms with Crippen molar-refractivity contribution in [2.24, 2.45) is 0 Å². The number of ether oxygens (including phenoxy) is 6. The molecule has 1 N–H and O–H groups in total. The molecule has 7 aliphatic heterocycles. The van der Waals surface area contributed by atoms with E-state index in [1.807, 2.05) is 52.0 Å². The molecular weight excluding hydrogens is 460 g/mol. The van der Waals surface area contributed by atoms with E-state index < -0.39 is 6.10 Å². The van der Waals surface area contributed by atoms with Crippen LogP contribution >= 0.6 is 0 Å². The van der Waals surface area contributed by atoms with Crippen LogP contribution in [0.3, 0.4) is 0 Å². The minimum absolute atomic E-state index is 0.0310. The molecule has 2 unspecified atom stereocenters. The highest BCUT2D eigenvalue weighted by molar-refractivity contribution is 5.62. The van der Waals surface area contributed by atoms with Gasteiger partial charge in [-0.3, -0.25) is 0 Å². The summed E-state index contributed by atoms with van der Waals surface area (Å²) < 4.78 is 36.3. The zero-order valence-electron chi connectivity index (χ0n) is 22.1. The Morgan fingerprint density at radius 1 is 0.917 bits per heavy atom. The van der Waals surface area contributed by atoms with Crippen LogP contribution in [0.25, 0.3) is 0 Å². The van der Waals surface area contributed by atoms with E-state index in [2.05, 4.69) is 0 Å². The summed E-state index contributed by atoms with van der Waals surface area (Å²) in [6.45, 7) is 7.93. The first-order chi connectivity index (χ1) is 17.2. The van der Waals surface area contributed by atoms with Crippen molar-refractivity contribution < 1.29 is 33.5 Å². The van der Waals surface area contributed by atoms with Crippen molar-refractivity contribution in [3.05, 3.63) is 41.0 Å². The monoisotopic (exact) mass is 498 g/mol. The number of aliphatic hydroxyl groups excluding tert-OH is 1. The first kappa shape index (κ1) is 25.0. The highest BCUT2D eigenvalue weighted by Gasteiger charge is 2.51. The van der Waals surface area contributed by atoms with Crippen LogP contribution in [0, 0.1) is 0 Å². The molecule has 2 atom stereocenters. The molecule has 8 aliphatic rings. The van der Waals surface area contributed by atoms with E-state index in [1.165, 1.54) is 0 Å². The summed E-state index contributed by atoms with van der Waals surface area (Å²) in [4.78, 5) is 0. The number of benzene rings is 2. The SMILES string of the molecule is COc1ccc(C(O)c2cc3c(OC)c(OC(C)C)c2C2CCC4(CC2)CC(O3)O4)cc1OC(C)C. The second-order valence-corrected chi connectivity index (χ2v) is 10.7. The van der Waals surface area contributed by atoms with Gasteiger partial charge in [0.25, 0.3) is 0 Å². The molecule has 1 aliphatic carbocycles. The largest absolute Gasteiger partial charge is 0.493 e. The van der Waals surface area contributed by atoms with E-state index in [0.717, 1.165) is 43.2 Å². The van der Waals surface area contributed by atoms with E-state index in [4.69, 9.17) is 28.4 Å². The smallest absolute Gasteiger partial charge is 0.203 e. The maximum Gasteiger partial charge on any atom is 0.203 e. The highest BCUT2D eigenvalue weighted by Crippen LogP contribution is 2.57. The van der Waals surface area contributed by atoms with Gasteiger partial charge < -0.3 is 33.5 Å². The van der Waals surface area contributed by atoms with Crippen LogP contribution in [0.5, 0.6) is 28.7 Å². The molecule has 0 amide bonds. The van der Waals surface area contributed by atoms with Crippen molar-refractivity contribution in [1.82, 2.24) is 0 Å². The summed E-state index contributed by atoms with van der Waals surface area (Å²) in [6.07, 6.45) is 3.35. The molecule has 1 spiro atoms. The van der Waals surface area contributed by atoms with Crippen molar-refractivity contribution in [3.8, 4) is 28.7 Å². The van der Waals surface area contributed by atoms with E-state index >= 15 is 0 Å². The summed E-state index contributed by atoms with van der Waals surface area (Å²) >= 11 is 0. The normalized spacial score (nSPS) is 25.1. The first-order valence-electron chi connectivity index (χ1n) is 13.0. The molecule has 2 aromatic carbocycles. The van der Waals surface area contributed by atoms with Gasteiger partial charge in [0.2, 0.25) is 12.0 Å². The number of hydrogen-bond donors (Lipinski definition) is 1. The third kappa shape index (κ3) is 4.48. The molecule has 0 radical (unpaired) electrons. The van der Waals surface area contributed by atoms with Gasteiger partial charge in [-0.15, -0.1) is 0 Å². The van der Waals surface area contributed by atoms with Crippen LogP contribution in [-0.4, -0.2) is 43.4 Å². The van der Waals surface area contributed by atoms with Crippen molar-refractivity contribution >= 4 is 0 Å². The van der Waals surface area contributed by atoms with Crippen LogP contribution in [0.15, 0.2) is 24.3 Å². The fourth-order valence-corrected chi connectivity index (χ4v) is 5.85. The van der Waals surface area contributed by atoms with E-state index in [9.17, 15) is 5.11 Å². The maximum atomic E-state index is 11.8. The molecule has 1 saturated carbocycles. The lowest BCUT2D eigenvalue weighted by Crippen LogP contribution is -2.54. The minimum Gasteiger partial charge on any atom is -0.493 e. The number of aliphatic hydroxyl groups is 1. The Balaban J connectivity index is 1.67. The molecular formula is C29H38O7. The Labute approximate surface area is 213 Å². The van der Waals surface area contributed by atoms with Crippen LogP contribution in [0.1, 0.15) is 88.5 Å². The Morgan fingerprint density at radius 2 is 1.61 bits per heavy atom. The van der Waals surface area contributed by atoms with Gasteiger partial charge in [-0.1, -0.05) is 6.07 Å². The minimum atomic E-state index is -0.921. The Morgan fingerprint density at radius 3 is 2.22 bits per heavy atom. The van der Waals surface area contributed by atoms with Gasteiger partial charge in [0.1, 0.15) is 6.10 Å². The molecule has 36 heavy (non-hydrogen) atoms. The number of hydrogen-bond acceptors (Lipinski definition) is 7. The van der Waals surface area contributed by atoms with Gasteiger partial charge in [-0.05, 0) is 88.6 Å². The average Bonchev–Trinajstić information content (AvgIpc) is 2.92. The van der Waals surface area contributed by atoms with Gasteiger partial charge >= 0.3 is 0 Å². The average molecular weight is 499 g/mol. The first-order valence-corrected chi connectivity index (χ1v) is 13.0. The fourth-order valence-electron chi connectivity index (χ4n) is 5.85. The van der Waals surface area contributed by atoms with E-state index in [-0.39, 0.29) is 30.0 Å². The number of rotatable bonds is 8. The summed E-state index contributed by atoms with van der Waals surface area (Å²) in [6, 6.07) is 7.48. The summed E-state index contributed by atoms with van der Waals surface area (Å²) in [5, 5.41) is 11.8. The van der Waals surface area contributed by atoms with Crippen molar-refractivity contribution in [2.45, 2.75) is 95.9 Å². The Kier molecular flexibility index (Phi) is 6.72. The fraction of sp³-hybridized carbons (Fsp3) is 0.586. The molecule has 2 aromatic rings. The van der Waals surface area contributed by atoms with Crippen LogP contribution in [0.4, 0.5) is 0 Å². The lowest BCUT2D eigenvalue weighted by molar-refractivity contribution is -0.288. The van der Waals surface area contributed by atoms with Crippen molar-refractivity contribution in [3.63, 3.8) is 0 Å². The van der Waals surface area contributed by atoms with Crippen molar-refractivity contribution in [1.29, 1.82) is 0 Å². The zero-order chi connectivity index (χ0) is 25.6. The third-order valence-electron chi connectivity index (χ3n) is 7.47. The molecule has 2 fully saturated rings. The maximum absolute atomic E-state index is 11.8. The van der Waals surface area contributed by atoms with Crippen LogP contribution in [-0.2, 0) is 4.74 Å². The van der Waals surface area contributed by atoms with E-state index in [1.54, 1.807) is 14.2 Å². The quantitative estimate of drug-likeness (QED) is 0.486. The summed E-state index contributed by atoms with van der Waals surface area (Å²) in [7, 11) is 3.25. The summed E-state index contributed by atoms with van der Waals surface area (Å²) in [5.41, 5.74) is 2.39. The van der Waals surface area contributed by atoms with E-state index in [0.29, 0.717) is 34.3 Å². The zero-order valence-corrected chi connectivity index (χ0v) is 22.1. The highest BCUT2D eigenvalue weighted by atomic mass is 16.7. The predicted molar refractivity (Wildman–Crippen MR) is 136 cm³/mol. The molecule has 1 saturated heterocycles. The Bertz CT molecular complexity index is 1090. The Hall–Kier alpha value is -2.64. The molecule has 5 bridgehead atoms. The van der Waals surface area contributed by atoms with Gasteiger partial charge in [0.15, 0.2) is 23.0 Å². The van der Waals surface area contributed by atoms with Crippen LogP contribution < -0.4 is 23.7 Å². The standard InChI is InChI=1S/C29H38O7/c1-16(2)33-22-13-19(7-8-21(22)31-5)26(30)20-14-23-27(32-6)28(34-17(3)4)25(20)18-9-11-29(12-10-18)15-24(35-23)36-29/h7-8,13-14,16-18,24,26,30H,9-12,15H2,1-6H3. The third-order valence-corrected chi connectivity index (χ3v) is 7.47. The predicted octanol–water partition coefficient (Wildman–Crippen LogP) is 5.90. The molecule has 10 rings (SSSR count).